The van der Waals surface area contributed by atoms with E-state index >= 15 is 0 Å². The maximum atomic E-state index is 12.2. The number of halogens is 3. The molecule has 1 amide bonds. The number of aryl methyl sites for hydroxylation is 1. The van der Waals surface area contributed by atoms with E-state index in [1.807, 2.05) is 0 Å². The summed E-state index contributed by atoms with van der Waals surface area (Å²) in [6, 6.07) is 0. The van der Waals surface area contributed by atoms with E-state index in [-0.39, 0.29) is 11.3 Å². The van der Waals surface area contributed by atoms with Crippen LogP contribution in [-0.2, 0) is 4.74 Å². The molecule has 0 aromatic carbocycles. The Hall–Kier alpha value is -1.99. The summed E-state index contributed by atoms with van der Waals surface area (Å²) in [5.74, 6) is -1.20. The number of methoxy groups -OCH3 is 1. The minimum absolute atomic E-state index is 0.0950. The first-order valence-corrected chi connectivity index (χ1v) is 6.18. The number of carbonyl (C=O) groups is 2. The highest BCUT2D eigenvalue weighted by Crippen LogP contribution is 2.22. The Morgan fingerprint density at radius 3 is 2.33 bits per heavy atom. The molecule has 118 valence electrons. The fourth-order valence-corrected chi connectivity index (χ4v) is 1.96. The molecule has 1 heterocycles. The van der Waals surface area contributed by atoms with Gasteiger partial charge in [-0.3, -0.25) is 4.79 Å². The molecule has 0 saturated carbocycles. The standard InChI is InChI=1S/C13H17F3N2O3/c1-7-9(12(20)21-4)8(2)17-10(7)11(19)18(3)6-5-13(14,15)16/h17H,5-6H2,1-4H3. The van der Waals surface area contributed by atoms with Gasteiger partial charge in [0.15, 0.2) is 0 Å². The predicted octanol–water partition coefficient (Wildman–Crippen LogP) is 2.44. The monoisotopic (exact) mass is 306 g/mol. The molecular formula is C13H17F3N2O3. The molecule has 0 saturated heterocycles. The van der Waals surface area contributed by atoms with E-state index in [1.165, 1.54) is 14.2 Å². The Morgan fingerprint density at radius 2 is 1.86 bits per heavy atom. The number of hydrogen-bond donors (Lipinski definition) is 1. The zero-order valence-electron chi connectivity index (χ0n) is 12.2. The molecule has 8 heteroatoms. The minimum atomic E-state index is -4.33. The molecule has 5 nitrogen and oxygen atoms in total. The molecule has 0 radical (unpaired) electrons. The van der Waals surface area contributed by atoms with Gasteiger partial charge in [0.2, 0.25) is 0 Å². The molecule has 0 spiro atoms. The SMILES string of the molecule is COC(=O)c1c(C)[nH]c(C(=O)N(C)CCC(F)(F)F)c1C. The average molecular weight is 306 g/mol. The second kappa shape index (κ2) is 6.19. The molecule has 0 aliphatic carbocycles. The van der Waals surface area contributed by atoms with Gasteiger partial charge in [0, 0.05) is 19.3 Å². The van der Waals surface area contributed by atoms with E-state index in [2.05, 4.69) is 9.72 Å². The van der Waals surface area contributed by atoms with Crippen molar-refractivity contribution in [3.63, 3.8) is 0 Å². The lowest BCUT2D eigenvalue weighted by atomic mass is 10.1. The molecule has 0 aliphatic rings. The maximum absolute atomic E-state index is 12.2. The van der Waals surface area contributed by atoms with E-state index in [1.54, 1.807) is 13.8 Å². The van der Waals surface area contributed by atoms with Gasteiger partial charge in [-0.25, -0.2) is 4.79 Å². The van der Waals surface area contributed by atoms with Crippen LogP contribution in [0.1, 0.15) is 38.5 Å². The first kappa shape index (κ1) is 17.1. The third-order valence-corrected chi connectivity index (χ3v) is 3.12. The molecule has 1 aromatic rings. The van der Waals surface area contributed by atoms with Gasteiger partial charge in [0.1, 0.15) is 5.69 Å². The maximum Gasteiger partial charge on any atom is 0.390 e. The second-order valence-electron chi connectivity index (χ2n) is 4.71. The number of aromatic nitrogens is 1. The van der Waals surface area contributed by atoms with Crippen molar-refractivity contribution in [1.29, 1.82) is 0 Å². The smallest absolute Gasteiger partial charge is 0.390 e. The Balaban J connectivity index is 2.96. The minimum Gasteiger partial charge on any atom is -0.465 e. The van der Waals surface area contributed by atoms with Crippen molar-refractivity contribution in [3.8, 4) is 0 Å². The average Bonchev–Trinajstić information content (AvgIpc) is 2.68. The van der Waals surface area contributed by atoms with Gasteiger partial charge in [0.25, 0.3) is 5.91 Å². The molecule has 0 bridgehead atoms. The Labute approximate surface area is 120 Å². The molecule has 21 heavy (non-hydrogen) atoms. The van der Waals surface area contributed by atoms with Crippen molar-refractivity contribution in [1.82, 2.24) is 9.88 Å². The first-order chi connectivity index (χ1) is 9.58. The predicted molar refractivity (Wildman–Crippen MR) is 69.2 cm³/mol. The van der Waals surface area contributed by atoms with Gasteiger partial charge in [-0.2, -0.15) is 13.2 Å². The summed E-state index contributed by atoms with van der Waals surface area (Å²) in [6.07, 6.45) is -5.41. The number of esters is 1. The van der Waals surface area contributed by atoms with Crippen LogP contribution in [0.2, 0.25) is 0 Å². The summed E-state index contributed by atoms with van der Waals surface area (Å²) in [4.78, 5) is 27.4. The number of carbonyl (C=O) groups excluding carboxylic acids is 2. The van der Waals surface area contributed by atoms with Crippen molar-refractivity contribution in [2.45, 2.75) is 26.4 Å². The number of ether oxygens (including phenoxy) is 1. The molecule has 0 fully saturated rings. The number of alkyl halides is 3. The Bertz CT molecular complexity index is 550. The van der Waals surface area contributed by atoms with Crippen LogP contribution in [0.25, 0.3) is 0 Å². The van der Waals surface area contributed by atoms with E-state index in [0.29, 0.717) is 11.3 Å². The van der Waals surface area contributed by atoms with Crippen molar-refractivity contribution in [3.05, 3.63) is 22.5 Å². The number of amides is 1. The highest BCUT2D eigenvalue weighted by molar-refractivity contribution is 6.00. The lowest BCUT2D eigenvalue weighted by Gasteiger charge is -2.18. The van der Waals surface area contributed by atoms with E-state index in [0.717, 1.165) is 4.90 Å². The van der Waals surface area contributed by atoms with Gasteiger partial charge < -0.3 is 14.6 Å². The third kappa shape index (κ3) is 3.99. The van der Waals surface area contributed by atoms with Crippen LogP contribution in [0.3, 0.4) is 0 Å². The fraction of sp³-hybridized carbons (Fsp3) is 0.538. The van der Waals surface area contributed by atoms with E-state index < -0.39 is 31.0 Å². The van der Waals surface area contributed by atoms with Gasteiger partial charge in [-0.1, -0.05) is 0 Å². The largest absolute Gasteiger partial charge is 0.465 e. The van der Waals surface area contributed by atoms with Gasteiger partial charge in [-0.05, 0) is 19.4 Å². The van der Waals surface area contributed by atoms with Crippen molar-refractivity contribution in [2.24, 2.45) is 0 Å². The first-order valence-electron chi connectivity index (χ1n) is 6.18. The third-order valence-electron chi connectivity index (χ3n) is 3.12. The van der Waals surface area contributed by atoms with Crippen LogP contribution in [0, 0.1) is 13.8 Å². The Kier molecular flexibility index (Phi) is 5.03. The van der Waals surface area contributed by atoms with Crippen LogP contribution in [-0.4, -0.2) is 48.6 Å². The van der Waals surface area contributed by atoms with Crippen LogP contribution in [0.5, 0.6) is 0 Å². The molecule has 0 unspecified atom stereocenters. The van der Waals surface area contributed by atoms with E-state index in [9.17, 15) is 22.8 Å². The van der Waals surface area contributed by atoms with E-state index in [4.69, 9.17) is 0 Å². The highest BCUT2D eigenvalue weighted by atomic mass is 19.4. The number of rotatable bonds is 4. The number of aromatic amines is 1. The van der Waals surface area contributed by atoms with Gasteiger partial charge >= 0.3 is 12.1 Å². The Morgan fingerprint density at radius 1 is 1.29 bits per heavy atom. The number of nitrogens with one attached hydrogen (secondary N) is 1. The highest BCUT2D eigenvalue weighted by Gasteiger charge is 2.29. The molecular weight excluding hydrogens is 289 g/mol. The lowest BCUT2D eigenvalue weighted by molar-refractivity contribution is -0.136. The molecule has 0 aliphatic heterocycles. The molecule has 1 rings (SSSR count). The van der Waals surface area contributed by atoms with Crippen LogP contribution in [0.15, 0.2) is 0 Å². The number of hydrogen-bond acceptors (Lipinski definition) is 3. The summed E-state index contributed by atoms with van der Waals surface area (Å²) in [5, 5.41) is 0. The van der Waals surface area contributed by atoms with Crippen LogP contribution < -0.4 is 0 Å². The normalized spacial score (nSPS) is 11.4. The summed E-state index contributed by atoms with van der Waals surface area (Å²) >= 11 is 0. The molecule has 0 atom stereocenters. The zero-order chi connectivity index (χ0) is 16.4. The van der Waals surface area contributed by atoms with Crippen molar-refractivity contribution < 1.29 is 27.5 Å². The summed E-state index contributed by atoms with van der Waals surface area (Å²) in [6.45, 7) is 2.68. The quantitative estimate of drug-likeness (QED) is 0.869. The van der Waals surface area contributed by atoms with Gasteiger partial charge in [0.05, 0.1) is 19.1 Å². The molecule has 1 N–H and O–H groups in total. The topological polar surface area (TPSA) is 62.4 Å². The van der Waals surface area contributed by atoms with Crippen molar-refractivity contribution in [2.75, 3.05) is 20.7 Å². The summed E-state index contributed by atoms with van der Waals surface area (Å²) in [5.41, 5.74) is 1.12. The summed E-state index contributed by atoms with van der Waals surface area (Å²) in [7, 11) is 2.49. The molecule has 1 aromatic heterocycles. The number of H-pyrrole nitrogens is 1. The lowest BCUT2D eigenvalue weighted by Crippen LogP contribution is -2.31. The van der Waals surface area contributed by atoms with Crippen molar-refractivity contribution >= 4 is 11.9 Å². The fourth-order valence-electron chi connectivity index (χ4n) is 1.96. The summed E-state index contributed by atoms with van der Waals surface area (Å²) < 4.78 is 41.1. The van der Waals surface area contributed by atoms with Gasteiger partial charge in [-0.15, -0.1) is 0 Å². The van der Waals surface area contributed by atoms with Crippen LogP contribution in [0.4, 0.5) is 13.2 Å². The zero-order valence-corrected chi connectivity index (χ0v) is 12.2. The number of nitrogens with zero attached hydrogens (tertiary/aromatic N) is 1. The second-order valence-corrected chi connectivity index (χ2v) is 4.71. The van der Waals surface area contributed by atoms with Crippen LogP contribution >= 0.6 is 0 Å².